The number of nitrogens with zero attached hydrogens (tertiary/aromatic N) is 2. The maximum atomic E-state index is 14.0. The molecule has 0 fully saturated rings. The summed E-state index contributed by atoms with van der Waals surface area (Å²) in [6, 6.07) is 16.9. The molecule has 0 bridgehead atoms. The van der Waals surface area contributed by atoms with Crippen molar-refractivity contribution in [2.45, 2.75) is 51.1 Å². The van der Waals surface area contributed by atoms with Gasteiger partial charge in [0.05, 0.1) is 22.7 Å². The summed E-state index contributed by atoms with van der Waals surface area (Å²) in [4.78, 5) is 28.4. The molecule has 0 aliphatic heterocycles. The van der Waals surface area contributed by atoms with E-state index in [1.165, 1.54) is 42.3 Å². The number of amides is 2. The van der Waals surface area contributed by atoms with Crippen LogP contribution in [0.5, 0.6) is 5.75 Å². The number of benzene rings is 3. The van der Waals surface area contributed by atoms with Gasteiger partial charge in [-0.2, -0.15) is 0 Å². The Morgan fingerprint density at radius 1 is 1.00 bits per heavy atom. The zero-order valence-electron chi connectivity index (χ0n) is 23.6. The number of carbonyl (C=O) groups is 2. The summed E-state index contributed by atoms with van der Waals surface area (Å²) in [5.74, 6) is -0.586. The summed E-state index contributed by atoms with van der Waals surface area (Å²) < 4.78 is 34.1. The molecule has 0 radical (unpaired) electrons. The third kappa shape index (κ3) is 8.15. The van der Waals surface area contributed by atoms with Crippen LogP contribution >= 0.6 is 23.2 Å². The van der Waals surface area contributed by atoms with Crippen LogP contribution in [0.15, 0.2) is 71.6 Å². The Labute approximate surface area is 252 Å². The van der Waals surface area contributed by atoms with Crippen molar-refractivity contribution < 1.29 is 22.7 Å². The fraction of sp³-hybridized carbons (Fsp3) is 0.333. The van der Waals surface area contributed by atoms with E-state index < -0.39 is 28.5 Å². The minimum absolute atomic E-state index is 0.00264. The van der Waals surface area contributed by atoms with Gasteiger partial charge in [-0.1, -0.05) is 72.4 Å². The second kappa shape index (κ2) is 14.6. The van der Waals surface area contributed by atoms with Gasteiger partial charge < -0.3 is 15.0 Å². The zero-order chi connectivity index (χ0) is 30.2. The first-order chi connectivity index (χ1) is 19.5. The Balaban J connectivity index is 2.05. The molecule has 3 aromatic carbocycles. The van der Waals surface area contributed by atoms with Crippen molar-refractivity contribution in [3.8, 4) is 5.75 Å². The molecule has 0 saturated carbocycles. The molecule has 0 saturated heterocycles. The third-order valence-electron chi connectivity index (χ3n) is 6.61. The molecule has 3 aromatic rings. The van der Waals surface area contributed by atoms with Gasteiger partial charge in [0.15, 0.2) is 0 Å². The summed E-state index contributed by atoms with van der Waals surface area (Å²) in [5.41, 5.74) is 1.67. The molecule has 1 unspecified atom stereocenters. The van der Waals surface area contributed by atoms with E-state index in [1.807, 2.05) is 13.8 Å². The quantitative estimate of drug-likeness (QED) is 0.243. The molecule has 8 nitrogen and oxygen atoms in total. The highest BCUT2D eigenvalue weighted by Crippen LogP contribution is 2.32. The summed E-state index contributed by atoms with van der Waals surface area (Å²) in [6.45, 7) is 5.35. The van der Waals surface area contributed by atoms with Gasteiger partial charge in [0.25, 0.3) is 10.0 Å². The number of hydrogen-bond donors (Lipinski definition) is 1. The van der Waals surface area contributed by atoms with Gasteiger partial charge in [0.1, 0.15) is 18.3 Å². The van der Waals surface area contributed by atoms with E-state index in [2.05, 4.69) is 5.32 Å². The summed E-state index contributed by atoms with van der Waals surface area (Å²) >= 11 is 12.8. The summed E-state index contributed by atoms with van der Waals surface area (Å²) in [5, 5.41) is 3.46. The molecule has 0 heterocycles. The van der Waals surface area contributed by atoms with Crippen molar-refractivity contribution in [1.82, 2.24) is 10.2 Å². The Hall–Kier alpha value is -3.27. The van der Waals surface area contributed by atoms with Crippen molar-refractivity contribution in [3.05, 3.63) is 87.9 Å². The predicted octanol–water partition coefficient (Wildman–Crippen LogP) is 5.84. The highest BCUT2D eigenvalue weighted by Gasteiger charge is 2.33. The fourth-order valence-electron chi connectivity index (χ4n) is 4.11. The molecule has 1 atom stereocenters. The number of aryl methyl sites for hydroxylation is 1. The first kappa shape index (κ1) is 32.2. The molecule has 0 aromatic heterocycles. The molecule has 2 amide bonds. The van der Waals surface area contributed by atoms with Crippen molar-refractivity contribution in [2.24, 2.45) is 0 Å². The van der Waals surface area contributed by atoms with Crippen LogP contribution in [0.2, 0.25) is 10.0 Å². The van der Waals surface area contributed by atoms with E-state index in [1.54, 1.807) is 43.3 Å². The average Bonchev–Trinajstić information content (AvgIpc) is 2.95. The lowest BCUT2D eigenvalue weighted by molar-refractivity contribution is -0.139. The van der Waals surface area contributed by atoms with Crippen LogP contribution in [0.4, 0.5) is 5.69 Å². The molecular formula is C30H35Cl2N3O5S. The lowest BCUT2D eigenvalue weighted by Crippen LogP contribution is -2.51. The number of nitrogens with one attached hydrogen (secondary N) is 1. The molecule has 11 heteroatoms. The minimum atomic E-state index is -4.22. The second-order valence-electron chi connectivity index (χ2n) is 9.58. The number of methoxy groups -OCH3 is 1. The standard InChI is InChI=1S/C30H35Cl2N3O5S/c1-5-6-17-33-30(37)22(3)34(19-23-9-7-8-10-26(23)31)29(36)20-35(24-13-16-28(40-4)27(32)18-24)41(38,39)25-14-11-21(2)12-15-25/h7-16,18,22H,5-6,17,19-20H2,1-4H3,(H,33,37). The molecule has 41 heavy (non-hydrogen) atoms. The Kier molecular flexibility index (Phi) is 11.5. The van der Waals surface area contributed by atoms with Crippen LogP contribution in [-0.2, 0) is 26.2 Å². The van der Waals surface area contributed by atoms with E-state index >= 15 is 0 Å². The lowest BCUT2D eigenvalue weighted by Gasteiger charge is -2.32. The molecule has 0 aliphatic rings. The Morgan fingerprint density at radius 2 is 1.68 bits per heavy atom. The van der Waals surface area contributed by atoms with Crippen LogP contribution in [0.25, 0.3) is 0 Å². The van der Waals surface area contributed by atoms with Crippen molar-refractivity contribution in [3.63, 3.8) is 0 Å². The maximum absolute atomic E-state index is 14.0. The monoisotopic (exact) mass is 619 g/mol. The number of halogens is 2. The van der Waals surface area contributed by atoms with Gasteiger partial charge in [0, 0.05) is 18.1 Å². The smallest absolute Gasteiger partial charge is 0.264 e. The highest BCUT2D eigenvalue weighted by molar-refractivity contribution is 7.92. The van der Waals surface area contributed by atoms with E-state index in [0.717, 1.165) is 22.7 Å². The first-order valence-corrected chi connectivity index (χ1v) is 15.4. The summed E-state index contributed by atoms with van der Waals surface area (Å²) in [6.07, 6.45) is 1.69. The Bertz CT molecular complexity index is 1470. The topological polar surface area (TPSA) is 96.0 Å². The molecule has 1 N–H and O–H groups in total. The van der Waals surface area contributed by atoms with Crippen LogP contribution in [0.3, 0.4) is 0 Å². The Morgan fingerprint density at radius 3 is 2.29 bits per heavy atom. The van der Waals surface area contributed by atoms with Crippen molar-refractivity contribution in [2.75, 3.05) is 24.5 Å². The number of rotatable bonds is 13. The maximum Gasteiger partial charge on any atom is 0.264 e. The second-order valence-corrected chi connectivity index (χ2v) is 12.3. The predicted molar refractivity (Wildman–Crippen MR) is 163 cm³/mol. The summed E-state index contributed by atoms with van der Waals surface area (Å²) in [7, 11) is -2.77. The van der Waals surface area contributed by atoms with E-state index in [-0.39, 0.29) is 28.1 Å². The number of hydrogen-bond acceptors (Lipinski definition) is 5. The van der Waals surface area contributed by atoms with Gasteiger partial charge in [-0.3, -0.25) is 13.9 Å². The van der Waals surface area contributed by atoms with E-state index in [9.17, 15) is 18.0 Å². The van der Waals surface area contributed by atoms with Crippen LogP contribution in [0.1, 0.15) is 37.8 Å². The van der Waals surface area contributed by atoms with Crippen molar-refractivity contribution >= 4 is 50.7 Å². The third-order valence-corrected chi connectivity index (χ3v) is 9.06. The zero-order valence-corrected chi connectivity index (χ0v) is 25.9. The number of anilines is 1. The van der Waals surface area contributed by atoms with Gasteiger partial charge in [-0.25, -0.2) is 8.42 Å². The number of carbonyl (C=O) groups excluding carboxylic acids is 2. The van der Waals surface area contributed by atoms with E-state index in [0.29, 0.717) is 22.9 Å². The van der Waals surface area contributed by atoms with Crippen LogP contribution < -0.4 is 14.4 Å². The minimum Gasteiger partial charge on any atom is -0.495 e. The van der Waals surface area contributed by atoms with Crippen molar-refractivity contribution in [1.29, 1.82) is 0 Å². The largest absolute Gasteiger partial charge is 0.495 e. The van der Waals surface area contributed by atoms with Crippen LogP contribution in [-0.4, -0.2) is 51.4 Å². The molecule has 220 valence electrons. The van der Waals surface area contributed by atoms with Gasteiger partial charge in [-0.15, -0.1) is 0 Å². The number of unbranched alkanes of at least 4 members (excludes halogenated alkanes) is 1. The number of ether oxygens (including phenoxy) is 1. The normalized spacial score (nSPS) is 12.0. The highest BCUT2D eigenvalue weighted by atomic mass is 35.5. The first-order valence-electron chi connectivity index (χ1n) is 13.2. The van der Waals surface area contributed by atoms with Gasteiger partial charge >= 0.3 is 0 Å². The van der Waals surface area contributed by atoms with Gasteiger partial charge in [0.2, 0.25) is 11.8 Å². The van der Waals surface area contributed by atoms with Crippen LogP contribution in [0, 0.1) is 6.92 Å². The van der Waals surface area contributed by atoms with Gasteiger partial charge in [-0.05, 0) is 62.2 Å². The molecular weight excluding hydrogens is 585 g/mol. The fourth-order valence-corrected chi connectivity index (χ4v) is 5.96. The van der Waals surface area contributed by atoms with E-state index in [4.69, 9.17) is 27.9 Å². The number of sulfonamides is 1. The molecule has 0 spiro atoms. The lowest BCUT2D eigenvalue weighted by atomic mass is 10.1. The SMILES string of the molecule is CCCCNC(=O)C(C)N(Cc1ccccc1Cl)C(=O)CN(c1ccc(OC)c(Cl)c1)S(=O)(=O)c1ccc(C)cc1. The average molecular weight is 621 g/mol. The molecule has 0 aliphatic carbocycles. The molecule has 3 rings (SSSR count).